The second-order valence-electron chi connectivity index (χ2n) is 5.09. The molecular weight excluding hydrogens is 236 g/mol. The molecule has 1 fully saturated rings. The molecule has 0 spiro atoms. The van der Waals surface area contributed by atoms with E-state index in [-0.39, 0.29) is 17.7 Å². The van der Waals surface area contributed by atoms with E-state index in [1.54, 1.807) is 0 Å². The molecule has 1 aliphatic heterocycles. The summed E-state index contributed by atoms with van der Waals surface area (Å²) in [6, 6.07) is 0.113. The topological polar surface area (TPSA) is 58.2 Å². The van der Waals surface area contributed by atoms with Gasteiger partial charge in [0.15, 0.2) is 0 Å². The van der Waals surface area contributed by atoms with Gasteiger partial charge in [-0.2, -0.15) is 0 Å². The molecule has 0 radical (unpaired) electrons. The van der Waals surface area contributed by atoms with Crippen molar-refractivity contribution in [2.45, 2.75) is 38.1 Å². The van der Waals surface area contributed by atoms with Crippen LogP contribution in [0.2, 0.25) is 0 Å². The van der Waals surface area contributed by atoms with Crippen LogP contribution in [0.1, 0.15) is 32.1 Å². The van der Waals surface area contributed by atoms with Crippen molar-refractivity contribution in [3.8, 4) is 0 Å². The van der Waals surface area contributed by atoms with Gasteiger partial charge in [-0.1, -0.05) is 12.2 Å². The SMILES string of the molecule is O=S(=O)(CC1CCCNC1)NC1CC=CCC1. The minimum Gasteiger partial charge on any atom is -0.316 e. The van der Waals surface area contributed by atoms with Crippen LogP contribution in [0, 0.1) is 5.92 Å². The molecule has 4 nitrogen and oxygen atoms in total. The predicted molar refractivity (Wildman–Crippen MR) is 69.3 cm³/mol. The summed E-state index contributed by atoms with van der Waals surface area (Å²) in [7, 11) is -3.10. The van der Waals surface area contributed by atoms with Crippen molar-refractivity contribution < 1.29 is 8.42 Å². The summed E-state index contributed by atoms with van der Waals surface area (Å²) in [6.07, 6.45) is 9.05. The first-order valence-corrected chi connectivity index (χ1v) is 8.17. The van der Waals surface area contributed by atoms with Crippen LogP contribution in [0.3, 0.4) is 0 Å². The highest BCUT2D eigenvalue weighted by atomic mass is 32.2. The number of rotatable bonds is 4. The molecule has 0 aromatic carbocycles. The first-order valence-electron chi connectivity index (χ1n) is 6.51. The highest BCUT2D eigenvalue weighted by molar-refractivity contribution is 7.89. The van der Waals surface area contributed by atoms with E-state index >= 15 is 0 Å². The summed E-state index contributed by atoms with van der Waals surface area (Å²) in [5.41, 5.74) is 0. The van der Waals surface area contributed by atoms with Gasteiger partial charge in [-0.3, -0.25) is 0 Å². The van der Waals surface area contributed by atoms with Gasteiger partial charge in [0.25, 0.3) is 0 Å². The third-order valence-electron chi connectivity index (χ3n) is 3.47. The monoisotopic (exact) mass is 258 g/mol. The maximum Gasteiger partial charge on any atom is 0.212 e. The van der Waals surface area contributed by atoms with Gasteiger partial charge in [-0.25, -0.2) is 13.1 Å². The molecule has 0 saturated carbocycles. The molecule has 1 heterocycles. The van der Waals surface area contributed by atoms with E-state index < -0.39 is 10.0 Å². The Morgan fingerprint density at radius 3 is 2.82 bits per heavy atom. The zero-order valence-electron chi connectivity index (χ0n) is 10.2. The smallest absolute Gasteiger partial charge is 0.212 e. The Kier molecular flexibility index (Phi) is 4.59. The number of piperidine rings is 1. The number of allylic oxidation sites excluding steroid dienone is 1. The lowest BCUT2D eigenvalue weighted by atomic mass is 10.0. The molecule has 98 valence electrons. The minimum absolute atomic E-state index is 0.113. The molecule has 2 N–H and O–H groups in total. The summed E-state index contributed by atoms with van der Waals surface area (Å²) in [5, 5.41) is 3.26. The third-order valence-corrected chi connectivity index (χ3v) is 5.07. The Hall–Kier alpha value is -0.390. The average Bonchev–Trinajstić information content (AvgIpc) is 2.30. The quantitative estimate of drug-likeness (QED) is 0.740. The van der Waals surface area contributed by atoms with Gasteiger partial charge < -0.3 is 5.32 Å². The highest BCUT2D eigenvalue weighted by Crippen LogP contribution is 2.15. The zero-order chi connectivity index (χ0) is 12.1. The molecule has 1 aliphatic carbocycles. The van der Waals surface area contributed by atoms with Crippen molar-refractivity contribution in [1.82, 2.24) is 10.0 Å². The maximum atomic E-state index is 12.0. The molecule has 0 bridgehead atoms. The maximum absolute atomic E-state index is 12.0. The van der Waals surface area contributed by atoms with E-state index in [1.807, 2.05) is 0 Å². The number of hydrogen-bond acceptors (Lipinski definition) is 3. The first kappa shape index (κ1) is 13.1. The van der Waals surface area contributed by atoms with Gasteiger partial charge in [0, 0.05) is 6.04 Å². The van der Waals surface area contributed by atoms with Crippen LogP contribution in [0.25, 0.3) is 0 Å². The standard InChI is InChI=1S/C12H22N2O2S/c15-17(16,10-11-5-4-8-13-9-11)14-12-6-2-1-3-7-12/h1-2,11-14H,3-10H2. The molecule has 2 rings (SSSR count). The zero-order valence-corrected chi connectivity index (χ0v) is 11.0. The molecule has 1 saturated heterocycles. The average molecular weight is 258 g/mol. The fraction of sp³-hybridized carbons (Fsp3) is 0.833. The molecule has 2 unspecified atom stereocenters. The second-order valence-corrected chi connectivity index (χ2v) is 6.89. The van der Waals surface area contributed by atoms with Crippen LogP contribution in [0.5, 0.6) is 0 Å². The third kappa shape index (κ3) is 4.41. The molecule has 2 atom stereocenters. The van der Waals surface area contributed by atoms with E-state index in [9.17, 15) is 8.42 Å². The molecule has 17 heavy (non-hydrogen) atoms. The van der Waals surface area contributed by atoms with Crippen LogP contribution >= 0.6 is 0 Å². The van der Waals surface area contributed by atoms with Crippen molar-refractivity contribution in [2.24, 2.45) is 5.92 Å². The van der Waals surface area contributed by atoms with Crippen LogP contribution in [-0.4, -0.2) is 33.3 Å². The van der Waals surface area contributed by atoms with Crippen molar-refractivity contribution in [3.63, 3.8) is 0 Å². The summed E-state index contributed by atoms with van der Waals surface area (Å²) in [4.78, 5) is 0. The fourth-order valence-corrected chi connectivity index (χ4v) is 4.30. The Balaban J connectivity index is 1.82. The van der Waals surface area contributed by atoms with Gasteiger partial charge in [0.1, 0.15) is 0 Å². The van der Waals surface area contributed by atoms with Crippen LogP contribution in [0.15, 0.2) is 12.2 Å². The molecule has 0 aromatic rings. The van der Waals surface area contributed by atoms with Crippen molar-refractivity contribution in [1.29, 1.82) is 0 Å². The van der Waals surface area contributed by atoms with E-state index in [0.29, 0.717) is 0 Å². The lowest BCUT2D eigenvalue weighted by molar-refractivity contribution is 0.401. The van der Waals surface area contributed by atoms with Gasteiger partial charge in [-0.15, -0.1) is 0 Å². The lowest BCUT2D eigenvalue weighted by Gasteiger charge is -2.25. The van der Waals surface area contributed by atoms with Gasteiger partial charge in [-0.05, 0) is 51.1 Å². The molecule has 0 aromatic heterocycles. The van der Waals surface area contributed by atoms with Crippen molar-refractivity contribution in [3.05, 3.63) is 12.2 Å². The Labute approximate surface area is 104 Å². The molecule has 0 amide bonds. The van der Waals surface area contributed by atoms with E-state index in [2.05, 4.69) is 22.2 Å². The Morgan fingerprint density at radius 2 is 2.18 bits per heavy atom. The van der Waals surface area contributed by atoms with E-state index in [4.69, 9.17) is 0 Å². The lowest BCUT2D eigenvalue weighted by Crippen LogP contribution is -2.41. The summed E-state index contributed by atoms with van der Waals surface area (Å²) >= 11 is 0. The molecular formula is C12H22N2O2S. The van der Waals surface area contributed by atoms with Gasteiger partial charge >= 0.3 is 0 Å². The number of hydrogen-bond donors (Lipinski definition) is 2. The van der Waals surface area contributed by atoms with Crippen molar-refractivity contribution >= 4 is 10.0 Å². The number of sulfonamides is 1. The van der Waals surface area contributed by atoms with Gasteiger partial charge in [0.05, 0.1) is 5.75 Å². The van der Waals surface area contributed by atoms with Crippen LogP contribution < -0.4 is 10.0 Å². The van der Waals surface area contributed by atoms with E-state index in [0.717, 1.165) is 45.2 Å². The summed E-state index contributed by atoms with van der Waals surface area (Å²) in [6.45, 7) is 1.86. The molecule has 2 aliphatic rings. The number of nitrogens with one attached hydrogen (secondary N) is 2. The first-order chi connectivity index (χ1) is 8.16. The summed E-state index contributed by atoms with van der Waals surface area (Å²) in [5.74, 6) is 0.556. The minimum atomic E-state index is -3.10. The Morgan fingerprint density at radius 1 is 1.29 bits per heavy atom. The van der Waals surface area contributed by atoms with Crippen molar-refractivity contribution in [2.75, 3.05) is 18.8 Å². The van der Waals surface area contributed by atoms with Crippen LogP contribution in [0.4, 0.5) is 0 Å². The Bertz CT molecular complexity index is 359. The predicted octanol–water partition coefficient (Wildman–Crippen LogP) is 1.01. The highest BCUT2D eigenvalue weighted by Gasteiger charge is 2.23. The van der Waals surface area contributed by atoms with Gasteiger partial charge in [0.2, 0.25) is 10.0 Å². The normalized spacial score (nSPS) is 30.4. The molecule has 5 heteroatoms. The fourth-order valence-electron chi connectivity index (χ4n) is 2.58. The summed E-state index contributed by atoms with van der Waals surface area (Å²) < 4.78 is 26.8. The van der Waals surface area contributed by atoms with E-state index in [1.165, 1.54) is 0 Å². The van der Waals surface area contributed by atoms with Crippen LogP contribution in [-0.2, 0) is 10.0 Å². The largest absolute Gasteiger partial charge is 0.316 e. The second kappa shape index (κ2) is 5.98.